The van der Waals surface area contributed by atoms with Crippen LogP contribution in [-0.4, -0.2) is 49.0 Å². The van der Waals surface area contributed by atoms with Crippen LogP contribution in [0, 0.1) is 13.8 Å². The van der Waals surface area contributed by atoms with Gasteiger partial charge in [-0.05, 0) is 25.3 Å². The first-order valence-electron chi connectivity index (χ1n) is 8.61. The lowest BCUT2D eigenvalue weighted by Crippen LogP contribution is -2.49. The van der Waals surface area contributed by atoms with Crippen LogP contribution in [0.1, 0.15) is 11.5 Å². The van der Waals surface area contributed by atoms with E-state index in [2.05, 4.69) is 15.0 Å². The molecule has 1 aliphatic heterocycles. The van der Waals surface area contributed by atoms with E-state index in [0.717, 1.165) is 16.6 Å². The summed E-state index contributed by atoms with van der Waals surface area (Å²) in [5.41, 5.74) is 0.387. The van der Waals surface area contributed by atoms with Crippen molar-refractivity contribution in [1.82, 2.24) is 14.4 Å². The van der Waals surface area contributed by atoms with Crippen LogP contribution in [-0.2, 0) is 10.0 Å². The number of pyridine rings is 1. The highest BCUT2D eigenvalue weighted by Gasteiger charge is 2.33. The van der Waals surface area contributed by atoms with Crippen LogP contribution < -0.4 is 4.90 Å². The van der Waals surface area contributed by atoms with E-state index in [-0.39, 0.29) is 4.90 Å². The van der Waals surface area contributed by atoms with Crippen molar-refractivity contribution in [1.29, 1.82) is 0 Å². The molecule has 0 N–H and O–H groups in total. The number of halogens is 1. The zero-order valence-corrected chi connectivity index (χ0v) is 16.6. The van der Waals surface area contributed by atoms with Crippen LogP contribution in [0.5, 0.6) is 0 Å². The monoisotopic (exact) mass is 406 g/mol. The molecule has 0 aliphatic carbocycles. The highest BCUT2D eigenvalue weighted by Crippen LogP contribution is 2.28. The molecule has 3 heterocycles. The minimum absolute atomic E-state index is 0.169. The number of aromatic nitrogens is 2. The molecule has 7 nitrogen and oxygen atoms in total. The molecule has 0 unspecified atom stereocenters. The van der Waals surface area contributed by atoms with E-state index in [0.29, 0.717) is 42.8 Å². The summed E-state index contributed by atoms with van der Waals surface area (Å²) in [5, 5.41) is 6.13. The molecule has 4 rings (SSSR count). The molecule has 3 aromatic rings. The molecule has 1 aromatic carbocycles. The number of hydrogen-bond donors (Lipinski definition) is 0. The summed E-state index contributed by atoms with van der Waals surface area (Å²) in [5.74, 6) is 1.07. The number of aryl methyl sites for hydroxylation is 2. The van der Waals surface area contributed by atoms with Crippen LogP contribution in [0.25, 0.3) is 10.8 Å². The standard InChI is InChI=1S/C18H19ClN4O3S/c1-12-17(13(2)26-21-12)27(24,25)23-9-7-22(8-10-23)16-11-14-5-3-4-6-15(14)18(19)20-16/h3-6,11H,7-10H2,1-2H3. The van der Waals surface area contributed by atoms with Crippen molar-refractivity contribution >= 4 is 38.2 Å². The van der Waals surface area contributed by atoms with Gasteiger partial charge in [-0.3, -0.25) is 0 Å². The van der Waals surface area contributed by atoms with E-state index >= 15 is 0 Å². The third-order valence-corrected chi connectivity index (χ3v) is 7.24. The zero-order valence-electron chi connectivity index (χ0n) is 15.0. The molecule has 27 heavy (non-hydrogen) atoms. The summed E-state index contributed by atoms with van der Waals surface area (Å²) in [4.78, 5) is 6.71. The van der Waals surface area contributed by atoms with Gasteiger partial charge in [-0.2, -0.15) is 4.31 Å². The highest BCUT2D eigenvalue weighted by atomic mass is 35.5. The maximum Gasteiger partial charge on any atom is 0.248 e. The lowest BCUT2D eigenvalue weighted by Gasteiger charge is -2.34. The lowest BCUT2D eigenvalue weighted by atomic mass is 10.2. The Labute approximate surface area is 162 Å². The van der Waals surface area contributed by atoms with Crippen molar-refractivity contribution in [3.05, 3.63) is 46.9 Å². The van der Waals surface area contributed by atoms with Crippen molar-refractivity contribution in [2.75, 3.05) is 31.1 Å². The van der Waals surface area contributed by atoms with Gasteiger partial charge in [0.2, 0.25) is 10.0 Å². The second-order valence-corrected chi connectivity index (χ2v) is 8.77. The Morgan fingerprint density at radius 1 is 1.11 bits per heavy atom. The fourth-order valence-corrected chi connectivity index (χ4v) is 5.41. The summed E-state index contributed by atoms with van der Waals surface area (Å²) < 4.78 is 32.4. The molecule has 0 amide bonds. The smallest absolute Gasteiger partial charge is 0.248 e. The van der Waals surface area contributed by atoms with Gasteiger partial charge >= 0.3 is 0 Å². The Hall–Kier alpha value is -2.16. The minimum atomic E-state index is -3.62. The van der Waals surface area contributed by atoms with E-state index < -0.39 is 10.0 Å². The third-order valence-electron chi connectivity index (χ3n) is 4.81. The van der Waals surface area contributed by atoms with Gasteiger partial charge in [0.25, 0.3) is 0 Å². The van der Waals surface area contributed by atoms with Crippen LogP contribution in [0.3, 0.4) is 0 Å². The Bertz CT molecular complexity index is 1090. The first-order valence-corrected chi connectivity index (χ1v) is 10.4. The van der Waals surface area contributed by atoms with Crippen molar-refractivity contribution in [3.8, 4) is 0 Å². The van der Waals surface area contributed by atoms with Crippen LogP contribution >= 0.6 is 11.6 Å². The number of sulfonamides is 1. The van der Waals surface area contributed by atoms with Gasteiger partial charge in [0, 0.05) is 31.6 Å². The largest absolute Gasteiger partial charge is 0.360 e. The SMILES string of the molecule is Cc1noc(C)c1S(=O)(=O)N1CCN(c2cc3ccccc3c(Cl)n2)CC1. The fourth-order valence-electron chi connectivity index (χ4n) is 3.43. The average molecular weight is 407 g/mol. The van der Waals surface area contributed by atoms with Gasteiger partial charge in [0.1, 0.15) is 21.6 Å². The number of rotatable bonds is 3. The number of anilines is 1. The van der Waals surface area contributed by atoms with E-state index in [1.165, 1.54) is 4.31 Å². The normalized spacial score (nSPS) is 16.2. The second-order valence-electron chi connectivity index (χ2n) is 6.54. The van der Waals surface area contributed by atoms with Gasteiger partial charge in [0.15, 0.2) is 5.76 Å². The molecule has 2 aromatic heterocycles. The predicted octanol–water partition coefficient (Wildman–Crippen LogP) is 3.00. The minimum Gasteiger partial charge on any atom is -0.360 e. The summed E-state index contributed by atoms with van der Waals surface area (Å²) >= 11 is 6.32. The van der Waals surface area contributed by atoms with Gasteiger partial charge in [-0.1, -0.05) is 41.0 Å². The van der Waals surface area contributed by atoms with Crippen LogP contribution in [0.15, 0.2) is 39.8 Å². The van der Waals surface area contributed by atoms with Crippen molar-refractivity contribution in [3.63, 3.8) is 0 Å². The highest BCUT2D eigenvalue weighted by molar-refractivity contribution is 7.89. The Balaban J connectivity index is 1.56. The average Bonchev–Trinajstić information content (AvgIpc) is 3.01. The molecular weight excluding hydrogens is 388 g/mol. The van der Waals surface area contributed by atoms with Gasteiger partial charge in [-0.15, -0.1) is 0 Å². The summed E-state index contributed by atoms with van der Waals surface area (Å²) in [7, 11) is -3.62. The molecule has 0 spiro atoms. The first-order chi connectivity index (χ1) is 12.9. The fraction of sp³-hybridized carbons (Fsp3) is 0.333. The first kappa shape index (κ1) is 18.2. The van der Waals surface area contributed by atoms with E-state index in [1.54, 1.807) is 13.8 Å². The Kier molecular flexibility index (Phi) is 4.57. The molecule has 9 heteroatoms. The molecule has 1 saturated heterocycles. The summed E-state index contributed by atoms with van der Waals surface area (Å²) in [6, 6.07) is 9.79. The van der Waals surface area contributed by atoms with Crippen LogP contribution in [0.4, 0.5) is 5.82 Å². The number of fused-ring (bicyclic) bond motifs is 1. The molecule has 0 radical (unpaired) electrons. The molecule has 0 saturated carbocycles. The molecular formula is C18H19ClN4O3S. The van der Waals surface area contributed by atoms with Crippen molar-refractivity contribution in [2.45, 2.75) is 18.7 Å². The van der Waals surface area contributed by atoms with E-state index in [9.17, 15) is 8.42 Å². The number of piperazine rings is 1. The van der Waals surface area contributed by atoms with E-state index in [4.69, 9.17) is 16.1 Å². The number of benzene rings is 1. The topological polar surface area (TPSA) is 79.5 Å². The Morgan fingerprint density at radius 3 is 2.48 bits per heavy atom. The summed E-state index contributed by atoms with van der Waals surface area (Å²) in [6.07, 6.45) is 0. The van der Waals surface area contributed by atoms with Crippen molar-refractivity contribution < 1.29 is 12.9 Å². The maximum atomic E-state index is 12.9. The quantitative estimate of drug-likeness (QED) is 0.622. The number of hydrogen-bond acceptors (Lipinski definition) is 6. The third kappa shape index (κ3) is 3.18. The zero-order chi connectivity index (χ0) is 19.2. The molecule has 142 valence electrons. The van der Waals surface area contributed by atoms with Gasteiger partial charge in [-0.25, -0.2) is 13.4 Å². The van der Waals surface area contributed by atoms with Crippen LogP contribution in [0.2, 0.25) is 5.15 Å². The van der Waals surface area contributed by atoms with Gasteiger partial charge in [0.05, 0.1) is 0 Å². The van der Waals surface area contributed by atoms with E-state index in [1.807, 2.05) is 30.3 Å². The molecule has 0 atom stereocenters. The second kappa shape index (κ2) is 6.78. The van der Waals surface area contributed by atoms with Crippen molar-refractivity contribution in [2.24, 2.45) is 0 Å². The predicted molar refractivity (Wildman–Crippen MR) is 104 cm³/mol. The molecule has 0 bridgehead atoms. The van der Waals surface area contributed by atoms with Gasteiger partial charge < -0.3 is 9.42 Å². The Morgan fingerprint density at radius 2 is 1.81 bits per heavy atom. The number of nitrogens with zero attached hydrogens (tertiary/aromatic N) is 4. The molecule has 1 aliphatic rings. The molecule has 1 fully saturated rings. The summed E-state index contributed by atoms with van der Waals surface area (Å²) in [6.45, 7) is 5.04. The maximum absolute atomic E-state index is 12.9. The lowest BCUT2D eigenvalue weighted by molar-refractivity contribution is 0.378.